The average Bonchev–Trinajstić information content (AvgIpc) is 3.25. The topological polar surface area (TPSA) is 244 Å². The lowest BCUT2D eigenvalue weighted by Crippen LogP contribution is -2.31. The van der Waals surface area contributed by atoms with Gasteiger partial charge in [-0.05, 0) is 18.4 Å². The summed E-state index contributed by atoms with van der Waals surface area (Å²) in [6, 6.07) is 0. The summed E-state index contributed by atoms with van der Waals surface area (Å²) >= 11 is 0. The zero-order chi connectivity index (χ0) is 45.5. The van der Waals surface area contributed by atoms with E-state index < -0.39 is 45.2 Å². The van der Waals surface area contributed by atoms with Crippen molar-refractivity contribution < 1.29 is 51.8 Å². The Morgan fingerprint density at radius 1 is 0.571 bits per heavy atom. The lowest BCUT2D eigenvalue weighted by molar-refractivity contribution is -0.228. The van der Waals surface area contributed by atoms with E-state index in [1.807, 2.05) is 0 Å². The SMILES string of the molecule is CCCCCCCCCCCCCCCCCC(=O)OC[C@H](COP(=O)([O-])OCCNC(=O)OCCOCCN=[N+]=[N-])OC(=O)CCCCCCCCCCCCCCCCC.[NH4+]. The number of quaternary nitrogens is 1. The summed E-state index contributed by atoms with van der Waals surface area (Å²) in [5.74, 6) is -0.959. The van der Waals surface area contributed by atoms with Crippen molar-refractivity contribution in [3.05, 3.63) is 10.4 Å². The Hall–Kier alpha value is -2.45. The van der Waals surface area contributed by atoms with Gasteiger partial charge in [-0.2, -0.15) is 0 Å². The highest BCUT2D eigenvalue weighted by molar-refractivity contribution is 7.45. The molecule has 1 unspecified atom stereocenters. The molecule has 0 aromatic heterocycles. The zero-order valence-electron chi connectivity index (χ0n) is 40.1. The standard InChI is InChI=1S/C46H89N4O11P.H3N/c1-3-5-7-9-11-13-15-17-19-21-23-25-27-29-31-33-44(51)58-41-43(42-60-62(54,55)59-38-35-48-46(53)57-40-39-56-37-36-49-50-47)61-45(52)34-32-30-28-26-24-22-20-18-16-14-12-10-8-6-4-2;/h43H,3-42H2,1-2H3,(H,48,53)(H,54,55);1H3/t43-;/m1./s1. The van der Waals surface area contributed by atoms with Crippen LogP contribution >= 0.6 is 7.82 Å². The number of nitrogens with zero attached hydrogens (tertiary/aromatic N) is 3. The van der Waals surface area contributed by atoms with Gasteiger partial charge in [-0.25, -0.2) is 4.79 Å². The minimum absolute atomic E-state index is 0. The molecule has 0 bridgehead atoms. The molecule has 16 nitrogen and oxygen atoms in total. The molecule has 63 heavy (non-hydrogen) atoms. The summed E-state index contributed by atoms with van der Waals surface area (Å²) < 4.78 is 43.2. The molecule has 0 rings (SSSR count). The number of hydrogen-bond acceptors (Lipinski definition) is 12. The molecule has 0 aliphatic rings. The summed E-state index contributed by atoms with van der Waals surface area (Å²) in [5.41, 5.74) is 8.23. The lowest BCUT2D eigenvalue weighted by Gasteiger charge is -2.25. The van der Waals surface area contributed by atoms with E-state index in [2.05, 4.69) is 29.2 Å². The predicted octanol–water partition coefficient (Wildman–Crippen LogP) is 12.9. The molecular formula is C46H92N5O11P. The van der Waals surface area contributed by atoms with Crippen LogP contribution in [0.5, 0.6) is 0 Å². The summed E-state index contributed by atoms with van der Waals surface area (Å²) in [6.07, 6.45) is 34.9. The van der Waals surface area contributed by atoms with E-state index in [4.69, 9.17) is 33.5 Å². The first-order valence-electron chi connectivity index (χ1n) is 24.7. The predicted molar refractivity (Wildman–Crippen MR) is 250 cm³/mol. The lowest BCUT2D eigenvalue weighted by atomic mass is 10.0. The van der Waals surface area contributed by atoms with Crippen molar-refractivity contribution in [1.29, 1.82) is 0 Å². The van der Waals surface area contributed by atoms with E-state index in [-0.39, 0.29) is 58.5 Å². The second-order valence-corrected chi connectivity index (χ2v) is 17.8. The molecule has 5 N–H and O–H groups in total. The number of phosphoric acid groups is 1. The minimum Gasteiger partial charge on any atom is -0.756 e. The number of carbonyl (C=O) groups excluding carboxylic acids is 3. The van der Waals surface area contributed by atoms with Gasteiger partial charge in [0.1, 0.15) is 13.2 Å². The van der Waals surface area contributed by atoms with E-state index >= 15 is 0 Å². The number of phosphoric ester groups is 1. The Morgan fingerprint density at radius 3 is 1.44 bits per heavy atom. The maximum Gasteiger partial charge on any atom is 0.407 e. The number of unbranched alkanes of at least 4 members (excludes halogenated alkanes) is 28. The van der Waals surface area contributed by atoms with E-state index in [1.54, 1.807) is 0 Å². The van der Waals surface area contributed by atoms with E-state index in [9.17, 15) is 23.8 Å². The Morgan fingerprint density at radius 2 is 1.00 bits per heavy atom. The quantitative estimate of drug-likeness (QED) is 0.0110. The van der Waals surface area contributed by atoms with Gasteiger partial charge in [0, 0.05) is 30.8 Å². The highest BCUT2D eigenvalue weighted by Crippen LogP contribution is 2.38. The van der Waals surface area contributed by atoms with Crippen molar-refractivity contribution in [3.63, 3.8) is 0 Å². The van der Waals surface area contributed by atoms with Crippen molar-refractivity contribution in [3.8, 4) is 0 Å². The fourth-order valence-electron chi connectivity index (χ4n) is 6.92. The van der Waals surface area contributed by atoms with Crippen LogP contribution in [0.3, 0.4) is 0 Å². The first-order valence-corrected chi connectivity index (χ1v) is 26.1. The molecule has 0 saturated heterocycles. The molecule has 0 spiro atoms. The van der Waals surface area contributed by atoms with Crippen LogP contribution < -0.4 is 16.4 Å². The third-order valence-electron chi connectivity index (χ3n) is 10.6. The number of amides is 1. The minimum atomic E-state index is -4.87. The number of rotatable bonds is 48. The molecule has 0 aromatic rings. The van der Waals surface area contributed by atoms with Gasteiger partial charge < -0.3 is 44.4 Å². The Labute approximate surface area is 381 Å². The van der Waals surface area contributed by atoms with E-state index in [1.165, 1.54) is 141 Å². The summed E-state index contributed by atoms with van der Waals surface area (Å²) in [6.45, 7) is 3.31. The number of hydrogen-bond donors (Lipinski definition) is 2. The van der Waals surface area contributed by atoms with Crippen molar-refractivity contribution in [2.24, 2.45) is 5.11 Å². The molecule has 0 heterocycles. The summed E-state index contributed by atoms with van der Waals surface area (Å²) in [7, 11) is -4.87. The monoisotopic (exact) mass is 922 g/mol. The fraction of sp³-hybridized carbons (Fsp3) is 0.935. The third kappa shape index (κ3) is 48.8. The van der Waals surface area contributed by atoms with E-state index in [0.717, 1.165) is 38.5 Å². The number of nitrogens with one attached hydrogen (secondary N) is 1. The second kappa shape index (κ2) is 49.0. The van der Waals surface area contributed by atoms with Gasteiger partial charge in [-0.3, -0.25) is 14.2 Å². The van der Waals surface area contributed by atoms with Crippen LogP contribution in [-0.2, 0) is 42.1 Å². The normalized spacial score (nSPS) is 12.4. The first kappa shape index (κ1) is 62.6. The van der Waals surface area contributed by atoms with Crippen LogP contribution in [0.15, 0.2) is 5.11 Å². The van der Waals surface area contributed by atoms with Gasteiger partial charge in [-0.1, -0.05) is 199 Å². The third-order valence-corrected chi connectivity index (χ3v) is 11.6. The highest BCUT2D eigenvalue weighted by Gasteiger charge is 2.21. The Balaban J connectivity index is 0. The highest BCUT2D eigenvalue weighted by atomic mass is 31.2. The van der Waals surface area contributed by atoms with Crippen molar-refractivity contribution in [1.82, 2.24) is 11.5 Å². The second-order valence-electron chi connectivity index (χ2n) is 16.4. The maximum atomic E-state index is 12.7. The molecule has 1 amide bonds. The van der Waals surface area contributed by atoms with Crippen LogP contribution in [0.1, 0.15) is 219 Å². The fourth-order valence-corrected chi connectivity index (χ4v) is 7.66. The number of carbonyl (C=O) groups is 3. The number of azide groups is 1. The Kier molecular flexibility index (Phi) is 48.7. The molecular weight excluding hydrogens is 830 g/mol. The van der Waals surface area contributed by atoms with Gasteiger partial charge in [0.05, 0.1) is 26.4 Å². The molecule has 0 aliphatic carbocycles. The van der Waals surface area contributed by atoms with Gasteiger partial charge in [0.25, 0.3) is 7.82 Å². The maximum absolute atomic E-state index is 12.7. The molecule has 2 atom stereocenters. The molecule has 0 saturated carbocycles. The van der Waals surface area contributed by atoms with Crippen LogP contribution in [0.25, 0.3) is 10.4 Å². The number of alkyl carbamates (subject to hydrolysis) is 1. The zero-order valence-corrected chi connectivity index (χ0v) is 41.0. The van der Waals surface area contributed by atoms with Crippen molar-refractivity contribution in [2.45, 2.75) is 225 Å². The first-order chi connectivity index (χ1) is 30.2. The van der Waals surface area contributed by atoms with Gasteiger partial charge in [-0.15, -0.1) is 0 Å². The Bertz CT molecular complexity index is 1150. The van der Waals surface area contributed by atoms with Crippen LogP contribution in [0, 0.1) is 0 Å². The average molecular weight is 922 g/mol. The van der Waals surface area contributed by atoms with Crippen LogP contribution in [0.2, 0.25) is 0 Å². The molecule has 372 valence electrons. The number of ether oxygens (including phenoxy) is 4. The molecule has 0 aromatic carbocycles. The number of esters is 2. The van der Waals surface area contributed by atoms with Gasteiger partial charge in [0.15, 0.2) is 6.10 Å². The van der Waals surface area contributed by atoms with E-state index in [0.29, 0.717) is 12.8 Å². The van der Waals surface area contributed by atoms with Crippen LogP contribution in [0.4, 0.5) is 4.79 Å². The van der Waals surface area contributed by atoms with Crippen molar-refractivity contribution in [2.75, 3.05) is 52.7 Å². The molecule has 0 fully saturated rings. The van der Waals surface area contributed by atoms with Gasteiger partial charge >= 0.3 is 18.0 Å². The summed E-state index contributed by atoms with van der Waals surface area (Å²) in [4.78, 5) is 52.1. The largest absolute Gasteiger partial charge is 0.756 e. The summed E-state index contributed by atoms with van der Waals surface area (Å²) in [5, 5.41) is 5.66. The van der Waals surface area contributed by atoms with Crippen LogP contribution in [-0.4, -0.2) is 76.9 Å². The molecule has 17 heteroatoms. The van der Waals surface area contributed by atoms with Crippen molar-refractivity contribution >= 4 is 25.9 Å². The smallest absolute Gasteiger partial charge is 0.407 e. The molecule has 0 radical (unpaired) electrons. The molecule has 0 aliphatic heterocycles. The van der Waals surface area contributed by atoms with Gasteiger partial charge in [0.2, 0.25) is 0 Å².